The largest absolute Gasteiger partial charge is 0.361 e. The number of benzene rings is 3. The highest BCUT2D eigenvalue weighted by Crippen LogP contribution is 2.32. The number of carbonyl (C=O) groups is 2. The van der Waals surface area contributed by atoms with E-state index in [2.05, 4.69) is 41.3 Å². The molecule has 4 aromatic rings. The summed E-state index contributed by atoms with van der Waals surface area (Å²) in [5, 5.41) is 4.13. The van der Waals surface area contributed by atoms with Crippen molar-refractivity contribution in [2.75, 3.05) is 18.4 Å². The zero-order chi connectivity index (χ0) is 25.8. The number of nitrogens with zero attached hydrogens (tertiary/aromatic N) is 1. The number of ketones is 1. The third kappa shape index (κ3) is 5.27. The molecule has 5 rings (SSSR count). The number of rotatable bonds is 8. The number of H-pyrrole nitrogens is 1. The highest BCUT2D eigenvalue weighted by Gasteiger charge is 2.20. The smallest absolute Gasteiger partial charge is 0.255 e. The van der Waals surface area contributed by atoms with Gasteiger partial charge in [0.2, 0.25) is 0 Å². The van der Waals surface area contributed by atoms with Crippen LogP contribution in [0.15, 0.2) is 85.1 Å². The van der Waals surface area contributed by atoms with Gasteiger partial charge in [-0.15, -0.1) is 0 Å². The first kappa shape index (κ1) is 24.7. The van der Waals surface area contributed by atoms with Gasteiger partial charge < -0.3 is 10.3 Å². The summed E-state index contributed by atoms with van der Waals surface area (Å²) in [6, 6.07) is 22.6. The van der Waals surface area contributed by atoms with E-state index in [0.717, 1.165) is 36.1 Å². The van der Waals surface area contributed by atoms with E-state index >= 15 is 0 Å². The summed E-state index contributed by atoms with van der Waals surface area (Å²) in [7, 11) is 0. The molecule has 0 saturated heterocycles. The average Bonchev–Trinajstić information content (AvgIpc) is 3.37. The number of fused-ring (bicyclic) bond motifs is 1. The molecule has 0 fully saturated rings. The van der Waals surface area contributed by atoms with Gasteiger partial charge in [0.15, 0.2) is 5.78 Å². The second-order valence-electron chi connectivity index (χ2n) is 9.64. The van der Waals surface area contributed by atoms with Crippen molar-refractivity contribution >= 4 is 33.9 Å². The predicted octanol–water partition coefficient (Wildman–Crippen LogP) is 6.93. The summed E-state index contributed by atoms with van der Waals surface area (Å²) in [4.78, 5) is 31.9. The number of hydrogen-bond acceptors (Lipinski definition) is 3. The van der Waals surface area contributed by atoms with Gasteiger partial charge in [-0.3, -0.25) is 14.5 Å². The SMILES string of the molecule is CCC(CC)N1CC=C(c2c[nH]c3ccc(NC(=O)c4cccc(C(=O)c5ccccc5)c4)cc23)CC1. The van der Waals surface area contributed by atoms with E-state index in [4.69, 9.17) is 0 Å². The number of anilines is 1. The van der Waals surface area contributed by atoms with Crippen LogP contribution in [0.5, 0.6) is 0 Å². The lowest BCUT2D eigenvalue weighted by molar-refractivity contribution is 0.102. The molecule has 188 valence electrons. The van der Waals surface area contributed by atoms with Crippen molar-refractivity contribution in [3.63, 3.8) is 0 Å². The van der Waals surface area contributed by atoms with Gasteiger partial charge in [-0.1, -0.05) is 62.4 Å². The zero-order valence-electron chi connectivity index (χ0n) is 21.5. The van der Waals surface area contributed by atoms with E-state index in [1.165, 1.54) is 24.0 Å². The maximum atomic E-state index is 13.1. The first-order chi connectivity index (χ1) is 18.1. The number of amides is 1. The molecule has 2 heterocycles. The van der Waals surface area contributed by atoms with Crippen LogP contribution in [0.3, 0.4) is 0 Å². The van der Waals surface area contributed by atoms with E-state index in [9.17, 15) is 9.59 Å². The molecule has 1 amide bonds. The molecule has 3 aromatic carbocycles. The maximum absolute atomic E-state index is 13.1. The first-order valence-corrected chi connectivity index (χ1v) is 13.1. The molecule has 37 heavy (non-hydrogen) atoms. The summed E-state index contributed by atoms with van der Waals surface area (Å²) in [5.41, 5.74) is 5.88. The van der Waals surface area contributed by atoms with Crippen LogP contribution in [0.4, 0.5) is 5.69 Å². The Hall–Kier alpha value is -3.96. The van der Waals surface area contributed by atoms with Crippen LogP contribution in [-0.2, 0) is 0 Å². The van der Waals surface area contributed by atoms with E-state index < -0.39 is 0 Å². The van der Waals surface area contributed by atoms with Gasteiger partial charge in [-0.2, -0.15) is 0 Å². The predicted molar refractivity (Wildman–Crippen MR) is 151 cm³/mol. The summed E-state index contributed by atoms with van der Waals surface area (Å²) in [6.45, 7) is 6.57. The van der Waals surface area contributed by atoms with E-state index in [1.807, 2.05) is 36.4 Å². The Morgan fingerprint density at radius 2 is 1.68 bits per heavy atom. The quantitative estimate of drug-likeness (QED) is 0.263. The summed E-state index contributed by atoms with van der Waals surface area (Å²) >= 11 is 0. The molecule has 5 nitrogen and oxygen atoms in total. The van der Waals surface area contributed by atoms with Gasteiger partial charge in [-0.25, -0.2) is 0 Å². The second kappa shape index (κ2) is 11.0. The molecule has 0 spiro atoms. The number of carbonyl (C=O) groups excluding carboxylic acids is 2. The Morgan fingerprint density at radius 1 is 0.919 bits per heavy atom. The normalized spacial score (nSPS) is 14.1. The first-order valence-electron chi connectivity index (χ1n) is 13.1. The molecule has 0 bridgehead atoms. The lowest BCUT2D eigenvalue weighted by Gasteiger charge is -2.33. The molecule has 1 aromatic heterocycles. The number of aromatic nitrogens is 1. The van der Waals surface area contributed by atoms with Crippen LogP contribution < -0.4 is 5.32 Å². The third-order valence-corrected chi connectivity index (χ3v) is 7.41. The lowest BCUT2D eigenvalue weighted by atomic mass is 9.97. The highest BCUT2D eigenvalue weighted by atomic mass is 16.1. The van der Waals surface area contributed by atoms with Gasteiger partial charge in [0.1, 0.15) is 0 Å². The fourth-order valence-electron chi connectivity index (χ4n) is 5.29. The van der Waals surface area contributed by atoms with E-state index in [0.29, 0.717) is 22.7 Å². The molecule has 0 aliphatic carbocycles. The van der Waals surface area contributed by atoms with Crippen molar-refractivity contribution in [3.05, 3.63) is 107 Å². The van der Waals surface area contributed by atoms with Crippen molar-refractivity contribution in [2.24, 2.45) is 0 Å². The Labute approximate surface area is 218 Å². The molecule has 1 aliphatic rings. The van der Waals surface area contributed by atoms with Gasteiger partial charge >= 0.3 is 0 Å². The Kier molecular flexibility index (Phi) is 7.33. The van der Waals surface area contributed by atoms with Crippen LogP contribution in [0.1, 0.15) is 65.0 Å². The average molecular weight is 492 g/mol. The third-order valence-electron chi connectivity index (χ3n) is 7.41. The second-order valence-corrected chi connectivity index (χ2v) is 9.64. The monoisotopic (exact) mass is 491 g/mol. The number of hydrogen-bond donors (Lipinski definition) is 2. The minimum Gasteiger partial charge on any atom is -0.361 e. The van der Waals surface area contributed by atoms with Crippen molar-refractivity contribution in [2.45, 2.75) is 39.2 Å². The molecular weight excluding hydrogens is 458 g/mol. The van der Waals surface area contributed by atoms with Crippen LogP contribution in [0, 0.1) is 0 Å². The summed E-state index contributed by atoms with van der Waals surface area (Å²) in [5.74, 6) is -0.339. The summed E-state index contributed by atoms with van der Waals surface area (Å²) in [6.07, 6.45) is 7.80. The van der Waals surface area contributed by atoms with Crippen LogP contribution in [0.2, 0.25) is 0 Å². The molecule has 1 aliphatic heterocycles. The van der Waals surface area contributed by atoms with Crippen LogP contribution in [-0.4, -0.2) is 40.7 Å². The molecule has 0 unspecified atom stereocenters. The summed E-state index contributed by atoms with van der Waals surface area (Å²) < 4.78 is 0. The highest BCUT2D eigenvalue weighted by molar-refractivity contribution is 6.11. The van der Waals surface area contributed by atoms with Crippen molar-refractivity contribution < 1.29 is 9.59 Å². The van der Waals surface area contributed by atoms with Crippen molar-refractivity contribution in [1.29, 1.82) is 0 Å². The standard InChI is InChI=1S/C32H33N3O2/c1-3-27(4-2)35-17-15-22(16-18-35)29-21-33-30-14-13-26(20-28(29)30)34-32(37)25-12-8-11-24(19-25)31(36)23-9-6-5-7-10-23/h5-15,19-21,27,33H,3-4,16-18H2,1-2H3,(H,34,37). The fourth-order valence-corrected chi connectivity index (χ4v) is 5.29. The van der Waals surface area contributed by atoms with Crippen molar-refractivity contribution in [1.82, 2.24) is 9.88 Å². The number of nitrogens with one attached hydrogen (secondary N) is 2. The van der Waals surface area contributed by atoms with Gasteiger partial charge in [0.05, 0.1) is 0 Å². The Balaban J connectivity index is 1.34. The minimum atomic E-state index is -0.239. The van der Waals surface area contributed by atoms with Gasteiger partial charge in [0, 0.05) is 64.2 Å². The van der Waals surface area contributed by atoms with Crippen LogP contribution in [0.25, 0.3) is 16.5 Å². The number of aromatic amines is 1. The zero-order valence-corrected chi connectivity index (χ0v) is 21.5. The fraction of sp³-hybridized carbons (Fsp3) is 0.250. The maximum Gasteiger partial charge on any atom is 0.255 e. The molecular formula is C32H33N3O2. The topological polar surface area (TPSA) is 65.2 Å². The van der Waals surface area contributed by atoms with Crippen molar-refractivity contribution in [3.8, 4) is 0 Å². The van der Waals surface area contributed by atoms with Gasteiger partial charge in [-0.05, 0) is 55.2 Å². The van der Waals surface area contributed by atoms with Crippen LogP contribution >= 0.6 is 0 Å². The Bertz CT molecular complexity index is 1450. The molecule has 0 radical (unpaired) electrons. The molecule has 2 N–H and O–H groups in total. The molecule has 0 atom stereocenters. The lowest BCUT2D eigenvalue weighted by Crippen LogP contribution is -2.37. The molecule has 5 heteroatoms. The minimum absolute atomic E-state index is 0.0999. The van der Waals surface area contributed by atoms with Gasteiger partial charge in [0.25, 0.3) is 5.91 Å². The molecule has 0 saturated carbocycles. The van der Waals surface area contributed by atoms with E-state index in [-0.39, 0.29) is 11.7 Å². The van der Waals surface area contributed by atoms with E-state index in [1.54, 1.807) is 36.4 Å². The Morgan fingerprint density at radius 3 is 2.41 bits per heavy atom.